The van der Waals surface area contributed by atoms with E-state index < -0.39 is 0 Å². The van der Waals surface area contributed by atoms with Crippen LogP contribution in [-0.2, 0) is 0 Å². The molecule has 1 aromatic rings. The summed E-state index contributed by atoms with van der Waals surface area (Å²) in [7, 11) is 0. The highest BCUT2D eigenvalue weighted by atomic mass is 32.2. The van der Waals surface area contributed by atoms with E-state index in [9.17, 15) is 0 Å². The quantitative estimate of drug-likeness (QED) is 0.566. The maximum absolute atomic E-state index is 3.88. The number of hydrogen-bond acceptors (Lipinski definition) is 2. The standard InChI is InChI=1S/C14H21NS/c1-4-11-15-14(5-2)12-7-9-13(10-8-12)16-6-3/h5,7-10,14-15H,2,4,6,11H2,1,3H3. The molecule has 0 saturated heterocycles. The molecule has 0 amide bonds. The van der Waals surface area contributed by atoms with Gasteiger partial charge in [-0.3, -0.25) is 0 Å². The molecule has 1 aromatic carbocycles. The summed E-state index contributed by atoms with van der Waals surface area (Å²) < 4.78 is 0. The van der Waals surface area contributed by atoms with E-state index in [-0.39, 0.29) is 6.04 Å². The third kappa shape index (κ3) is 4.03. The summed E-state index contributed by atoms with van der Waals surface area (Å²) in [6.07, 6.45) is 3.12. The SMILES string of the molecule is C=CC(NCCC)c1ccc(SCC)cc1. The van der Waals surface area contributed by atoms with Crippen LogP contribution in [-0.4, -0.2) is 12.3 Å². The first kappa shape index (κ1) is 13.3. The lowest BCUT2D eigenvalue weighted by molar-refractivity contribution is 0.613. The van der Waals surface area contributed by atoms with Crippen LogP contribution in [0.5, 0.6) is 0 Å². The predicted octanol–water partition coefficient (Wildman–Crippen LogP) is 4.03. The molecule has 0 bridgehead atoms. The summed E-state index contributed by atoms with van der Waals surface area (Å²) in [6, 6.07) is 9.03. The van der Waals surface area contributed by atoms with Gasteiger partial charge in [0, 0.05) is 4.90 Å². The van der Waals surface area contributed by atoms with Gasteiger partial charge in [0.1, 0.15) is 0 Å². The highest BCUT2D eigenvalue weighted by molar-refractivity contribution is 7.99. The first-order valence-electron chi connectivity index (χ1n) is 5.90. The van der Waals surface area contributed by atoms with Crippen LogP contribution in [0, 0.1) is 0 Å². The predicted molar refractivity (Wildman–Crippen MR) is 74.1 cm³/mol. The van der Waals surface area contributed by atoms with Crippen molar-refractivity contribution in [2.45, 2.75) is 31.2 Å². The van der Waals surface area contributed by atoms with Gasteiger partial charge in [-0.15, -0.1) is 18.3 Å². The average Bonchev–Trinajstić information content (AvgIpc) is 2.32. The maximum atomic E-state index is 3.88. The molecule has 1 rings (SSSR count). The van der Waals surface area contributed by atoms with Crippen molar-refractivity contribution in [1.29, 1.82) is 0 Å². The third-order valence-corrected chi connectivity index (χ3v) is 3.29. The van der Waals surface area contributed by atoms with Crippen molar-refractivity contribution >= 4 is 11.8 Å². The second-order valence-corrected chi connectivity index (χ2v) is 5.01. The Kier molecular flexibility index (Phi) is 6.27. The number of rotatable bonds is 7. The summed E-state index contributed by atoms with van der Waals surface area (Å²) in [6.45, 7) is 9.26. The molecule has 2 heteroatoms. The van der Waals surface area contributed by atoms with Crippen molar-refractivity contribution in [3.8, 4) is 0 Å². The van der Waals surface area contributed by atoms with Gasteiger partial charge in [-0.1, -0.05) is 32.1 Å². The zero-order chi connectivity index (χ0) is 11.8. The van der Waals surface area contributed by atoms with E-state index in [0.29, 0.717) is 0 Å². The fraction of sp³-hybridized carbons (Fsp3) is 0.429. The molecule has 0 radical (unpaired) electrons. The fourth-order valence-electron chi connectivity index (χ4n) is 1.58. The largest absolute Gasteiger partial charge is 0.307 e. The molecule has 1 unspecified atom stereocenters. The van der Waals surface area contributed by atoms with Crippen LogP contribution in [0.4, 0.5) is 0 Å². The first-order chi connectivity index (χ1) is 7.81. The zero-order valence-electron chi connectivity index (χ0n) is 10.2. The third-order valence-electron chi connectivity index (χ3n) is 2.40. The van der Waals surface area contributed by atoms with Gasteiger partial charge >= 0.3 is 0 Å². The van der Waals surface area contributed by atoms with Crippen LogP contribution in [0.15, 0.2) is 41.8 Å². The van der Waals surface area contributed by atoms with Gasteiger partial charge in [0.25, 0.3) is 0 Å². The molecule has 1 atom stereocenters. The Labute approximate surface area is 103 Å². The van der Waals surface area contributed by atoms with E-state index in [2.05, 4.69) is 50.0 Å². The van der Waals surface area contributed by atoms with Gasteiger partial charge in [0.05, 0.1) is 6.04 Å². The van der Waals surface area contributed by atoms with Crippen molar-refractivity contribution in [2.75, 3.05) is 12.3 Å². The zero-order valence-corrected chi connectivity index (χ0v) is 11.0. The summed E-state index contributed by atoms with van der Waals surface area (Å²) in [4.78, 5) is 1.34. The van der Waals surface area contributed by atoms with Crippen LogP contribution in [0.2, 0.25) is 0 Å². The highest BCUT2D eigenvalue weighted by Crippen LogP contribution is 2.21. The Morgan fingerprint density at radius 1 is 1.31 bits per heavy atom. The molecule has 0 aliphatic rings. The van der Waals surface area contributed by atoms with Crippen molar-refractivity contribution in [2.24, 2.45) is 0 Å². The van der Waals surface area contributed by atoms with E-state index in [4.69, 9.17) is 0 Å². The minimum atomic E-state index is 0.278. The molecular weight excluding hydrogens is 214 g/mol. The normalized spacial score (nSPS) is 12.4. The van der Waals surface area contributed by atoms with E-state index in [1.807, 2.05) is 17.8 Å². The average molecular weight is 235 g/mol. The molecule has 0 fully saturated rings. The Bertz CT molecular complexity index is 305. The number of hydrogen-bond donors (Lipinski definition) is 1. The minimum absolute atomic E-state index is 0.278. The first-order valence-corrected chi connectivity index (χ1v) is 6.89. The van der Waals surface area contributed by atoms with Crippen molar-refractivity contribution in [3.05, 3.63) is 42.5 Å². The topological polar surface area (TPSA) is 12.0 Å². The van der Waals surface area contributed by atoms with Gasteiger partial charge in [0.2, 0.25) is 0 Å². The summed E-state index contributed by atoms with van der Waals surface area (Å²) in [5.74, 6) is 1.12. The van der Waals surface area contributed by atoms with Gasteiger partial charge in [0.15, 0.2) is 0 Å². The summed E-state index contributed by atoms with van der Waals surface area (Å²) in [5.41, 5.74) is 1.30. The molecule has 0 aromatic heterocycles. The molecule has 0 saturated carbocycles. The molecule has 0 aliphatic heterocycles. The number of benzene rings is 1. The lowest BCUT2D eigenvalue weighted by atomic mass is 10.1. The van der Waals surface area contributed by atoms with E-state index in [1.165, 1.54) is 10.5 Å². The summed E-state index contributed by atoms with van der Waals surface area (Å²) in [5, 5.41) is 3.46. The Hall–Kier alpha value is -0.730. The van der Waals surface area contributed by atoms with Gasteiger partial charge in [-0.05, 0) is 36.4 Å². The molecule has 0 spiro atoms. The smallest absolute Gasteiger partial charge is 0.0503 e. The molecule has 88 valence electrons. The number of thioether (sulfide) groups is 1. The van der Waals surface area contributed by atoms with E-state index in [1.54, 1.807) is 0 Å². The Balaban J connectivity index is 2.66. The lowest BCUT2D eigenvalue weighted by Gasteiger charge is -2.14. The van der Waals surface area contributed by atoms with Crippen LogP contribution in [0.1, 0.15) is 31.9 Å². The Morgan fingerprint density at radius 2 is 2.00 bits per heavy atom. The van der Waals surface area contributed by atoms with Crippen LogP contribution >= 0.6 is 11.8 Å². The van der Waals surface area contributed by atoms with Crippen molar-refractivity contribution in [3.63, 3.8) is 0 Å². The van der Waals surface area contributed by atoms with Crippen molar-refractivity contribution in [1.82, 2.24) is 5.32 Å². The van der Waals surface area contributed by atoms with Gasteiger partial charge in [-0.2, -0.15) is 0 Å². The van der Waals surface area contributed by atoms with Crippen molar-refractivity contribution < 1.29 is 0 Å². The number of nitrogens with one attached hydrogen (secondary N) is 1. The molecule has 1 nitrogen and oxygen atoms in total. The van der Waals surface area contributed by atoms with Gasteiger partial charge < -0.3 is 5.32 Å². The summed E-state index contributed by atoms with van der Waals surface area (Å²) >= 11 is 1.87. The molecular formula is C14H21NS. The Morgan fingerprint density at radius 3 is 2.50 bits per heavy atom. The fourth-order valence-corrected chi connectivity index (χ4v) is 2.24. The van der Waals surface area contributed by atoms with E-state index >= 15 is 0 Å². The minimum Gasteiger partial charge on any atom is -0.307 e. The second kappa shape index (κ2) is 7.53. The highest BCUT2D eigenvalue weighted by Gasteiger charge is 2.05. The van der Waals surface area contributed by atoms with Crippen LogP contribution < -0.4 is 5.32 Å². The second-order valence-electron chi connectivity index (χ2n) is 3.67. The monoisotopic (exact) mass is 235 g/mol. The molecule has 0 aliphatic carbocycles. The lowest BCUT2D eigenvalue weighted by Crippen LogP contribution is -2.19. The maximum Gasteiger partial charge on any atom is 0.0503 e. The molecule has 1 N–H and O–H groups in total. The van der Waals surface area contributed by atoms with Crippen LogP contribution in [0.3, 0.4) is 0 Å². The molecule has 16 heavy (non-hydrogen) atoms. The molecule has 0 heterocycles. The van der Waals surface area contributed by atoms with Gasteiger partial charge in [-0.25, -0.2) is 0 Å². The van der Waals surface area contributed by atoms with Crippen LogP contribution in [0.25, 0.3) is 0 Å². The van der Waals surface area contributed by atoms with E-state index in [0.717, 1.165) is 18.7 Å².